The third-order valence-corrected chi connectivity index (χ3v) is 5.60. The van der Waals surface area contributed by atoms with E-state index in [1.54, 1.807) is 12.4 Å². The van der Waals surface area contributed by atoms with Gasteiger partial charge in [0.15, 0.2) is 0 Å². The second-order valence-electron chi connectivity index (χ2n) is 7.68. The first kappa shape index (κ1) is 21.7. The summed E-state index contributed by atoms with van der Waals surface area (Å²) in [7, 11) is 2.08. The topological polar surface area (TPSA) is 94.2 Å². The molecule has 3 N–H and O–H groups in total. The van der Waals surface area contributed by atoms with E-state index in [0.717, 1.165) is 39.0 Å². The van der Waals surface area contributed by atoms with Gasteiger partial charge in [0.1, 0.15) is 0 Å². The normalized spacial score (nSPS) is 16.2. The summed E-state index contributed by atoms with van der Waals surface area (Å²) >= 11 is 0. The number of aliphatic imine (C=N–C) groups is 2. The van der Waals surface area contributed by atoms with E-state index in [-0.39, 0.29) is 0 Å². The smallest absolute Gasteiger partial charge is 0.271 e. The molecule has 8 heteroatoms. The predicted molar refractivity (Wildman–Crippen MR) is 120 cm³/mol. The van der Waals surface area contributed by atoms with Gasteiger partial charge in [-0.1, -0.05) is 18.2 Å². The van der Waals surface area contributed by atoms with Crippen LogP contribution < -0.4 is 10.8 Å². The van der Waals surface area contributed by atoms with Crippen molar-refractivity contribution in [3.8, 4) is 0 Å². The first-order chi connectivity index (χ1) is 14.5. The van der Waals surface area contributed by atoms with Gasteiger partial charge in [0, 0.05) is 55.6 Å². The van der Waals surface area contributed by atoms with Crippen molar-refractivity contribution in [2.45, 2.75) is 26.3 Å². The van der Waals surface area contributed by atoms with Gasteiger partial charge in [-0.05, 0) is 50.6 Å². The number of amides is 1. The van der Waals surface area contributed by atoms with Crippen molar-refractivity contribution < 1.29 is 10.0 Å². The Morgan fingerprint density at radius 1 is 1.33 bits per heavy atom. The number of nitrogens with zero attached hydrogens (tertiary/aromatic N) is 4. The summed E-state index contributed by atoms with van der Waals surface area (Å²) in [6.45, 7) is 8.69. The predicted octanol–water partition coefficient (Wildman–Crippen LogP) is 2.45. The quantitative estimate of drug-likeness (QED) is 0.224. The molecule has 2 heterocycles. The number of carbonyl (C=O) groups excluding carboxylic acids is 1. The number of fused-ring (bicyclic) bond motifs is 1. The van der Waals surface area contributed by atoms with Crippen LogP contribution in [-0.4, -0.2) is 52.9 Å². The van der Waals surface area contributed by atoms with E-state index in [9.17, 15) is 4.79 Å². The first-order valence-electron chi connectivity index (χ1n) is 10.2. The molecule has 0 aliphatic carbocycles. The molecule has 1 aromatic carbocycles. The molecular weight excluding hydrogens is 380 g/mol. The molecule has 0 atom stereocenters. The van der Waals surface area contributed by atoms with Crippen molar-refractivity contribution >= 4 is 29.5 Å². The van der Waals surface area contributed by atoms with Crippen molar-refractivity contribution in [3.05, 3.63) is 47.8 Å². The van der Waals surface area contributed by atoms with Gasteiger partial charge >= 0.3 is 0 Å². The fourth-order valence-electron chi connectivity index (χ4n) is 3.84. The third-order valence-electron chi connectivity index (χ3n) is 5.60. The van der Waals surface area contributed by atoms with E-state index in [1.807, 2.05) is 0 Å². The van der Waals surface area contributed by atoms with Crippen LogP contribution in [0, 0.1) is 5.92 Å². The largest absolute Gasteiger partial charge is 0.350 e. The average molecular weight is 411 g/mol. The highest BCUT2D eigenvalue weighted by Crippen LogP contribution is 2.21. The minimum Gasteiger partial charge on any atom is -0.350 e. The molecule has 0 saturated carbocycles. The van der Waals surface area contributed by atoms with Crippen LogP contribution in [0.15, 0.2) is 52.2 Å². The van der Waals surface area contributed by atoms with E-state index in [1.165, 1.54) is 22.7 Å². The van der Waals surface area contributed by atoms with Gasteiger partial charge in [0.05, 0.1) is 0 Å². The Morgan fingerprint density at radius 2 is 2.07 bits per heavy atom. The maximum atomic E-state index is 11.3. The van der Waals surface area contributed by atoms with Crippen molar-refractivity contribution in [2.75, 3.05) is 19.6 Å². The van der Waals surface area contributed by atoms with Gasteiger partial charge in [-0.2, -0.15) is 0 Å². The fraction of sp³-hybridized carbons (Fsp3) is 0.409. The third kappa shape index (κ3) is 5.14. The Balaban J connectivity index is 1.49. The molecule has 8 nitrogen and oxygen atoms in total. The van der Waals surface area contributed by atoms with Crippen LogP contribution in [0.5, 0.6) is 0 Å². The Bertz CT molecular complexity index is 954. The highest BCUT2D eigenvalue weighted by atomic mass is 16.5. The number of aromatic nitrogens is 1. The van der Waals surface area contributed by atoms with E-state index >= 15 is 0 Å². The maximum Gasteiger partial charge on any atom is 0.271 e. The van der Waals surface area contributed by atoms with Gasteiger partial charge in [-0.15, -0.1) is 0 Å². The van der Waals surface area contributed by atoms with Crippen molar-refractivity contribution in [1.82, 2.24) is 20.3 Å². The molecule has 1 aliphatic heterocycles. The number of carbonyl (C=O) groups is 1. The minimum atomic E-state index is -0.585. The Hall–Kier alpha value is -2.97. The number of likely N-dealkylation sites (tertiary alicyclic amines) is 1. The molecule has 1 saturated heterocycles. The van der Waals surface area contributed by atoms with Crippen LogP contribution in [0.3, 0.4) is 0 Å². The molecule has 1 aromatic heterocycles. The summed E-state index contributed by atoms with van der Waals surface area (Å²) in [5, 5.41) is 13.6. The Kier molecular flexibility index (Phi) is 7.37. The van der Waals surface area contributed by atoms with Crippen LogP contribution in [0.1, 0.15) is 25.3 Å². The molecule has 0 bridgehead atoms. The number of guanidine groups is 1. The summed E-state index contributed by atoms with van der Waals surface area (Å²) < 4.78 is 2.17. The number of piperidine rings is 1. The SMILES string of the molecule is C=NC(=N/C=C(\C)C(=O)NO)N1CCC(CNCc2cn(C)c3ccccc23)CC1. The van der Waals surface area contributed by atoms with Gasteiger partial charge in [0.25, 0.3) is 5.91 Å². The lowest BCUT2D eigenvalue weighted by molar-refractivity contribution is -0.125. The summed E-state index contributed by atoms with van der Waals surface area (Å²) in [5.74, 6) is 0.514. The minimum absolute atomic E-state index is 0.297. The van der Waals surface area contributed by atoms with Gasteiger partial charge < -0.3 is 14.8 Å². The zero-order valence-electron chi connectivity index (χ0n) is 17.6. The van der Waals surface area contributed by atoms with Gasteiger partial charge in [-0.25, -0.2) is 15.5 Å². The second kappa shape index (κ2) is 10.2. The van der Waals surface area contributed by atoms with Crippen LogP contribution in [0.2, 0.25) is 0 Å². The number of aryl methyl sites for hydroxylation is 1. The zero-order chi connectivity index (χ0) is 21.5. The average Bonchev–Trinajstić information content (AvgIpc) is 3.10. The number of hydrogen-bond acceptors (Lipinski definition) is 4. The molecule has 160 valence electrons. The highest BCUT2D eigenvalue weighted by Gasteiger charge is 2.21. The Morgan fingerprint density at radius 3 is 2.77 bits per heavy atom. The van der Waals surface area contributed by atoms with Gasteiger partial charge in [0.2, 0.25) is 5.96 Å². The lowest BCUT2D eigenvalue weighted by Crippen LogP contribution is -2.40. The monoisotopic (exact) mass is 410 g/mol. The number of rotatable bonds is 6. The lowest BCUT2D eigenvalue weighted by atomic mass is 9.97. The van der Waals surface area contributed by atoms with E-state index in [2.05, 4.69) is 69.0 Å². The summed E-state index contributed by atoms with van der Waals surface area (Å²) in [6.07, 6.45) is 5.67. The first-order valence-corrected chi connectivity index (χ1v) is 10.2. The van der Waals surface area contributed by atoms with Crippen LogP contribution in [0.4, 0.5) is 0 Å². The Labute approximate surface area is 177 Å². The maximum absolute atomic E-state index is 11.3. The zero-order valence-corrected chi connectivity index (χ0v) is 17.6. The van der Waals surface area contributed by atoms with Crippen molar-refractivity contribution in [2.24, 2.45) is 23.0 Å². The number of para-hydroxylation sites is 1. The number of nitrogens with one attached hydrogen (secondary N) is 2. The number of benzene rings is 1. The molecule has 30 heavy (non-hydrogen) atoms. The molecule has 3 rings (SSSR count). The summed E-state index contributed by atoms with van der Waals surface area (Å²) in [6, 6.07) is 8.48. The van der Waals surface area contributed by atoms with Crippen LogP contribution >= 0.6 is 0 Å². The molecule has 1 fully saturated rings. The molecule has 0 radical (unpaired) electrons. The highest BCUT2D eigenvalue weighted by molar-refractivity contribution is 5.92. The molecule has 0 spiro atoms. The molecular formula is C22H30N6O2. The number of hydroxylamine groups is 1. The molecule has 1 amide bonds. The van der Waals surface area contributed by atoms with Crippen LogP contribution in [-0.2, 0) is 18.4 Å². The van der Waals surface area contributed by atoms with E-state index < -0.39 is 5.91 Å². The van der Waals surface area contributed by atoms with Gasteiger partial charge in [-0.3, -0.25) is 10.0 Å². The molecule has 1 aliphatic rings. The van der Waals surface area contributed by atoms with Crippen LogP contribution in [0.25, 0.3) is 10.9 Å². The van der Waals surface area contributed by atoms with E-state index in [0.29, 0.717) is 17.5 Å². The summed E-state index contributed by atoms with van der Waals surface area (Å²) in [4.78, 5) is 21.7. The standard InChI is InChI=1S/C22H30N6O2/c1-16(21(29)26-30)12-25-22(23-2)28-10-8-17(9-11-28)13-24-14-18-15-27(3)20-7-5-4-6-19(18)20/h4-7,12,15,17,24,30H,2,8-11,13-14H2,1,3H3,(H,26,29)/b16-12+,25-22?. The second-order valence-corrected chi connectivity index (χ2v) is 7.68. The molecule has 2 aromatic rings. The lowest BCUT2D eigenvalue weighted by Gasteiger charge is -2.32. The van der Waals surface area contributed by atoms with E-state index in [4.69, 9.17) is 5.21 Å². The van der Waals surface area contributed by atoms with Crippen molar-refractivity contribution in [3.63, 3.8) is 0 Å². The number of hydrogen-bond donors (Lipinski definition) is 3. The van der Waals surface area contributed by atoms with Crippen molar-refractivity contribution in [1.29, 1.82) is 0 Å². The fourth-order valence-corrected chi connectivity index (χ4v) is 3.84. The molecule has 0 unspecified atom stereocenters. The summed E-state index contributed by atoms with van der Waals surface area (Å²) in [5.41, 5.74) is 4.47.